The van der Waals surface area contributed by atoms with Crippen LogP contribution < -0.4 is 0 Å². The number of aromatic nitrogens is 2. The first-order valence-corrected chi connectivity index (χ1v) is 8.94. The average Bonchev–Trinajstić information content (AvgIpc) is 3.22. The van der Waals surface area contributed by atoms with Crippen molar-refractivity contribution in [3.05, 3.63) is 35.7 Å². The van der Waals surface area contributed by atoms with Gasteiger partial charge >= 0.3 is 6.09 Å². The summed E-state index contributed by atoms with van der Waals surface area (Å²) in [5.41, 5.74) is 0.659. The summed E-state index contributed by atoms with van der Waals surface area (Å²) in [6.45, 7) is 5.49. The van der Waals surface area contributed by atoms with Gasteiger partial charge in [-0.25, -0.2) is 4.79 Å². The van der Waals surface area contributed by atoms with Gasteiger partial charge in [0.15, 0.2) is 0 Å². The number of carbonyl (C=O) groups excluding carboxylic acids is 1. The van der Waals surface area contributed by atoms with E-state index in [-0.39, 0.29) is 6.04 Å². The van der Waals surface area contributed by atoms with Crippen LogP contribution in [0.3, 0.4) is 0 Å². The van der Waals surface area contributed by atoms with Crippen LogP contribution in [0.4, 0.5) is 4.79 Å². The first-order valence-electron chi connectivity index (χ1n) is 7.79. The quantitative estimate of drug-likeness (QED) is 0.810. The zero-order valence-electron chi connectivity index (χ0n) is 14.2. The molecule has 25 heavy (non-hydrogen) atoms. The largest absolute Gasteiger partial charge is 0.444 e. The highest BCUT2D eigenvalue weighted by Crippen LogP contribution is 2.34. The number of benzene rings is 1. The van der Waals surface area contributed by atoms with E-state index in [1.54, 1.807) is 34.9 Å². The summed E-state index contributed by atoms with van der Waals surface area (Å²) in [6, 6.07) is 8.75. The van der Waals surface area contributed by atoms with Crippen LogP contribution in [0.5, 0.6) is 0 Å². The number of hydrogen-bond donors (Lipinski definition) is 0. The molecule has 0 radical (unpaired) electrons. The van der Waals surface area contributed by atoms with E-state index in [9.17, 15) is 4.79 Å². The Balaban J connectivity index is 1.81. The molecule has 0 N–H and O–H groups in total. The molecular formula is C17H18N4O3S. The summed E-state index contributed by atoms with van der Waals surface area (Å²) in [7, 11) is 0. The van der Waals surface area contributed by atoms with Gasteiger partial charge in [-0.1, -0.05) is 17.3 Å². The second-order valence-electron chi connectivity index (χ2n) is 6.61. The van der Waals surface area contributed by atoms with E-state index >= 15 is 0 Å². The third kappa shape index (κ3) is 3.94. The van der Waals surface area contributed by atoms with Gasteiger partial charge in [0.1, 0.15) is 11.6 Å². The third-order valence-corrected chi connectivity index (χ3v) is 4.50. The van der Waals surface area contributed by atoms with Crippen molar-refractivity contribution in [3.63, 3.8) is 0 Å². The van der Waals surface area contributed by atoms with Crippen molar-refractivity contribution >= 4 is 17.9 Å². The van der Waals surface area contributed by atoms with Gasteiger partial charge in [0.2, 0.25) is 5.82 Å². The smallest absolute Gasteiger partial charge is 0.411 e. The van der Waals surface area contributed by atoms with Crippen LogP contribution in [0.25, 0.3) is 11.4 Å². The first-order chi connectivity index (χ1) is 11.9. The fourth-order valence-electron chi connectivity index (χ4n) is 2.36. The number of nitriles is 1. The van der Waals surface area contributed by atoms with E-state index < -0.39 is 11.7 Å². The van der Waals surface area contributed by atoms with Crippen molar-refractivity contribution in [2.24, 2.45) is 0 Å². The van der Waals surface area contributed by atoms with Crippen molar-refractivity contribution in [2.45, 2.75) is 32.4 Å². The predicted octanol–water partition coefficient (Wildman–Crippen LogP) is 3.59. The number of hydrogen-bond acceptors (Lipinski definition) is 7. The minimum absolute atomic E-state index is 0.319. The van der Waals surface area contributed by atoms with Gasteiger partial charge in [-0.05, 0) is 32.9 Å². The summed E-state index contributed by atoms with van der Waals surface area (Å²) in [5.74, 6) is 1.95. The standard InChI is InChI=1S/C17H18N4O3S/c1-17(2,3)23-16(22)21-10-25-9-13(21)15-19-14(20-24-15)12-6-4-5-11(7-12)8-18/h4-7,13H,9-10H2,1-3H3/t13-/m1/s1. The molecule has 130 valence electrons. The Hall–Kier alpha value is -2.53. The molecule has 1 aliphatic rings. The lowest BCUT2D eigenvalue weighted by Gasteiger charge is -2.26. The highest BCUT2D eigenvalue weighted by molar-refractivity contribution is 7.99. The van der Waals surface area contributed by atoms with Crippen molar-refractivity contribution in [1.82, 2.24) is 15.0 Å². The van der Waals surface area contributed by atoms with Gasteiger partial charge in [0.25, 0.3) is 5.89 Å². The number of thioether (sulfide) groups is 1. The van der Waals surface area contributed by atoms with Crippen LogP contribution in [-0.2, 0) is 4.74 Å². The molecule has 1 atom stereocenters. The van der Waals surface area contributed by atoms with E-state index in [2.05, 4.69) is 16.2 Å². The first kappa shape index (κ1) is 17.3. The SMILES string of the molecule is CC(C)(C)OC(=O)N1CSC[C@@H]1c1nc(-c2cccc(C#N)c2)no1. The molecule has 2 aromatic rings. The summed E-state index contributed by atoms with van der Waals surface area (Å²) >= 11 is 1.60. The van der Waals surface area contributed by atoms with Crippen molar-refractivity contribution in [2.75, 3.05) is 11.6 Å². The van der Waals surface area contributed by atoms with Crippen LogP contribution in [0, 0.1) is 11.3 Å². The van der Waals surface area contributed by atoms with Gasteiger partial charge in [0.05, 0.1) is 17.5 Å². The molecular weight excluding hydrogens is 340 g/mol. The second kappa shape index (κ2) is 6.76. The lowest BCUT2D eigenvalue weighted by molar-refractivity contribution is 0.0214. The van der Waals surface area contributed by atoms with E-state index in [0.717, 1.165) is 0 Å². The molecule has 3 rings (SSSR count). The maximum atomic E-state index is 12.4. The van der Waals surface area contributed by atoms with E-state index in [4.69, 9.17) is 14.5 Å². The van der Waals surface area contributed by atoms with Crippen LogP contribution in [-0.4, -0.2) is 38.4 Å². The maximum absolute atomic E-state index is 12.4. The zero-order chi connectivity index (χ0) is 18.0. The average molecular weight is 358 g/mol. The highest BCUT2D eigenvalue weighted by Gasteiger charge is 2.37. The number of carbonyl (C=O) groups is 1. The molecule has 0 spiro atoms. The van der Waals surface area contributed by atoms with Crippen LogP contribution in [0.1, 0.15) is 38.3 Å². The number of ether oxygens (including phenoxy) is 1. The van der Waals surface area contributed by atoms with Crippen molar-refractivity contribution in [1.29, 1.82) is 5.26 Å². The number of amides is 1. The fraction of sp³-hybridized carbons (Fsp3) is 0.412. The second-order valence-corrected chi connectivity index (χ2v) is 7.61. The maximum Gasteiger partial charge on any atom is 0.411 e. The molecule has 1 aliphatic heterocycles. The summed E-state index contributed by atoms with van der Waals surface area (Å²) < 4.78 is 10.8. The topological polar surface area (TPSA) is 92.2 Å². The molecule has 1 aromatic heterocycles. The van der Waals surface area contributed by atoms with Gasteiger partial charge in [-0.2, -0.15) is 10.2 Å². The summed E-state index contributed by atoms with van der Waals surface area (Å²) in [4.78, 5) is 18.4. The molecule has 0 bridgehead atoms. The number of nitrogens with zero attached hydrogens (tertiary/aromatic N) is 4. The monoisotopic (exact) mass is 358 g/mol. The normalized spacial score (nSPS) is 17.4. The third-order valence-electron chi connectivity index (χ3n) is 3.49. The van der Waals surface area contributed by atoms with Crippen LogP contribution in [0.15, 0.2) is 28.8 Å². The molecule has 0 unspecified atom stereocenters. The van der Waals surface area contributed by atoms with Crippen LogP contribution in [0.2, 0.25) is 0 Å². The lowest BCUT2D eigenvalue weighted by Crippen LogP contribution is -2.36. The van der Waals surface area contributed by atoms with Gasteiger partial charge < -0.3 is 9.26 Å². The Bertz CT molecular complexity index is 822. The number of rotatable bonds is 2. The molecule has 1 aromatic carbocycles. The molecule has 1 saturated heterocycles. The Kier molecular flexibility index (Phi) is 4.68. The predicted molar refractivity (Wildman–Crippen MR) is 92.6 cm³/mol. The summed E-state index contributed by atoms with van der Waals surface area (Å²) in [6.07, 6.45) is -0.395. The molecule has 0 aliphatic carbocycles. The van der Waals surface area contributed by atoms with Gasteiger partial charge in [-0.3, -0.25) is 4.90 Å². The molecule has 0 saturated carbocycles. The van der Waals surface area contributed by atoms with Crippen LogP contribution >= 0.6 is 11.8 Å². The zero-order valence-corrected chi connectivity index (χ0v) is 15.0. The Labute approximate surface area is 150 Å². The molecule has 8 heteroatoms. The Morgan fingerprint density at radius 2 is 2.28 bits per heavy atom. The molecule has 7 nitrogen and oxygen atoms in total. The van der Waals surface area contributed by atoms with Crippen molar-refractivity contribution in [3.8, 4) is 17.5 Å². The lowest BCUT2D eigenvalue weighted by atomic mass is 10.1. The fourth-order valence-corrected chi connectivity index (χ4v) is 3.50. The molecule has 2 heterocycles. The van der Waals surface area contributed by atoms with E-state index in [1.807, 2.05) is 26.8 Å². The minimum atomic E-state index is -0.563. The van der Waals surface area contributed by atoms with E-state index in [0.29, 0.717) is 34.5 Å². The van der Waals surface area contributed by atoms with E-state index in [1.165, 1.54) is 0 Å². The Morgan fingerprint density at radius 3 is 3.00 bits per heavy atom. The minimum Gasteiger partial charge on any atom is -0.444 e. The summed E-state index contributed by atoms with van der Waals surface area (Å²) in [5, 5.41) is 13.0. The van der Waals surface area contributed by atoms with Gasteiger partial charge in [0, 0.05) is 11.3 Å². The van der Waals surface area contributed by atoms with Crippen molar-refractivity contribution < 1.29 is 14.1 Å². The molecule has 1 amide bonds. The molecule has 1 fully saturated rings. The van der Waals surface area contributed by atoms with Gasteiger partial charge in [-0.15, -0.1) is 11.8 Å². The highest BCUT2D eigenvalue weighted by atomic mass is 32.2. The Morgan fingerprint density at radius 1 is 1.48 bits per heavy atom.